The van der Waals surface area contributed by atoms with Gasteiger partial charge in [-0.3, -0.25) is 19.2 Å². The van der Waals surface area contributed by atoms with Gasteiger partial charge in [-0.15, -0.1) is 0 Å². The Bertz CT molecular complexity index is 1930. The lowest BCUT2D eigenvalue weighted by atomic mass is 9.74. The van der Waals surface area contributed by atoms with Gasteiger partial charge in [-0.05, 0) is 51.7 Å². The predicted molar refractivity (Wildman–Crippen MR) is 233 cm³/mol. The first-order valence-corrected chi connectivity index (χ1v) is 22.2. The topological polar surface area (TPSA) is 105 Å². The van der Waals surface area contributed by atoms with Crippen LogP contribution in [0.25, 0.3) is 43.8 Å². The normalized spacial score (nSPS) is 11.6. The molecule has 8 nitrogen and oxygen atoms in total. The van der Waals surface area contributed by atoms with Crippen LogP contribution in [0.3, 0.4) is 0 Å². The minimum atomic E-state index is -0.376. The Morgan fingerprint density at radius 3 is 0.879 bits per heavy atom. The molecule has 0 aliphatic heterocycles. The number of aryl methyl sites for hydroxylation is 2. The highest BCUT2D eigenvalue weighted by Crippen LogP contribution is 2.67. The summed E-state index contributed by atoms with van der Waals surface area (Å²) >= 11 is 0. The zero-order valence-corrected chi connectivity index (χ0v) is 35.9. The monoisotopic (exact) mass is 792 g/mol. The van der Waals surface area contributed by atoms with Crippen LogP contribution in [0.4, 0.5) is 0 Å². The van der Waals surface area contributed by atoms with Gasteiger partial charge < -0.3 is 18.9 Å². The molecule has 0 heterocycles. The van der Waals surface area contributed by atoms with Crippen LogP contribution < -0.4 is 18.9 Å². The van der Waals surface area contributed by atoms with Gasteiger partial charge in [-0.2, -0.15) is 0 Å². The van der Waals surface area contributed by atoms with Gasteiger partial charge in [0.15, 0.2) is 0 Å². The van der Waals surface area contributed by atoms with Crippen molar-refractivity contribution >= 4 is 45.4 Å². The van der Waals surface area contributed by atoms with Crippen molar-refractivity contribution in [1.29, 1.82) is 0 Å². The summed E-state index contributed by atoms with van der Waals surface area (Å²) in [4.78, 5) is 54.9. The molecule has 1 aliphatic carbocycles. The molecule has 0 atom stereocenters. The number of hydrogen-bond donors (Lipinski definition) is 0. The quantitative estimate of drug-likeness (QED) is 0.0345. The van der Waals surface area contributed by atoms with Gasteiger partial charge in [0.05, 0.1) is 0 Å². The number of rotatable bonds is 24. The van der Waals surface area contributed by atoms with E-state index in [1.807, 2.05) is 50.2 Å². The number of carbonyl (C=O) groups excluding carboxylic acids is 4. The zero-order valence-electron chi connectivity index (χ0n) is 35.9. The fraction of sp³-hybridized carbons (Fsp3) is 0.520. The first-order chi connectivity index (χ1) is 28.1. The molecule has 0 aromatic heterocycles. The highest BCUT2D eigenvalue weighted by molar-refractivity contribution is 6.25. The lowest BCUT2D eigenvalue weighted by Crippen LogP contribution is -2.18. The summed E-state index contributed by atoms with van der Waals surface area (Å²) in [7, 11) is 0. The summed E-state index contributed by atoms with van der Waals surface area (Å²) in [6, 6.07) is 11.5. The number of hydrogen-bond acceptors (Lipinski definition) is 8. The molecule has 4 aromatic carbocycles. The maximum atomic E-state index is 13.7. The fourth-order valence-corrected chi connectivity index (χ4v) is 7.84. The molecule has 312 valence electrons. The number of carbonyl (C=O) groups is 4. The Balaban J connectivity index is 1.78. The lowest BCUT2D eigenvalue weighted by Gasteiger charge is -2.34. The van der Waals surface area contributed by atoms with Crippen molar-refractivity contribution < 1.29 is 38.1 Å². The van der Waals surface area contributed by atoms with Crippen molar-refractivity contribution in [3.8, 4) is 45.3 Å². The molecule has 4 aromatic rings. The van der Waals surface area contributed by atoms with Gasteiger partial charge in [0.2, 0.25) is 0 Å². The molecule has 0 N–H and O–H groups in total. The van der Waals surface area contributed by atoms with Gasteiger partial charge in [-0.25, -0.2) is 0 Å². The van der Waals surface area contributed by atoms with Gasteiger partial charge in [0, 0.05) is 69.5 Å². The molecule has 0 amide bonds. The summed E-state index contributed by atoms with van der Waals surface area (Å²) in [6.45, 7) is 12.4. The van der Waals surface area contributed by atoms with Crippen molar-refractivity contribution in [1.82, 2.24) is 0 Å². The predicted octanol–water partition coefficient (Wildman–Crippen LogP) is 13.8. The van der Waals surface area contributed by atoms with Crippen LogP contribution in [-0.4, -0.2) is 23.9 Å². The Labute approximate surface area is 345 Å². The fourth-order valence-electron chi connectivity index (χ4n) is 7.84. The lowest BCUT2D eigenvalue weighted by molar-refractivity contribution is -0.135. The third kappa shape index (κ3) is 10.9. The number of benzene rings is 4. The van der Waals surface area contributed by atoms with Crippen LogP contribution in [-0.2, 0) is 19.2 Å². The molecule has 58 heavy (non-hydrogen) atoms. The molecule has 0 bridgehead atoms. The van der Waals surface area contributed by atoms with Crippen molar-refractivity contribution in [3.63, 3.8) is 0 Å². The second-order valence-electron chi connectivity index (χ2n) is 16.1. The van der Waals surface area contributed by atoms with Gasteiger partial charge in [-0.1, -0.05) is 140 Å². The van der Waals surface area contributed by atoms with Crippen LogP contribution in [0.2, 0.25) is 0 Å². The van der Waals surface area contributed by atoms with Crippen LogP contribution in [0, 0.1) is 13.8 Å². The Kier molecular flexibility index (Phi) is 16.7. The van der Waals surface area contributed by atoms with E-state index in [0.717, 1.165) is 88.2 Å². The first kappa shape index (κ1) is 44.4. The van der Waals surface area contributed by atoms with Crippen molar-refractivity contribution in [3.05, 3.63) is 47.5 Å². The Morgan fingerprint density at radius 2 is 0.621 bits per heavy atom. The number of unbranched alkanes of at least 4 members (excludes halogenated alkanes) is 12. The van der Waals surface area contributed by atoms with Crippen molar-refractivity contribution in [2.24, 2.45) is 0 Å². The largest absolute Gasteiger partial charge is 0.425 e. The molecule has 0 spiro atoms. The van der Waals surface area contributed by atoms with E-state index in [2.05, 4.69) is 27.7 Å². The smallest absolute Gasteiger partial charge is 0.311 e. The van der Waals surface area contributed by atoms with Crippen LogP contribution in [0.15, 0.2) is 36.4 Å². The van der Waals surface area contributed by atoms with Crippen LogP contribution >= 0.6 is 0 Å². The second-order valence-corrected chi connectivity index (χ2v) is 16.1. The highest BCUT2D eigenvalue weighted by Gasteiger charge is 2.42. The van der Waals surface area contributed by atoms with Crippen LogP contribution in [0.1, 0.15) is 167 Å². The van der Waals surface area contributed by atoms with E-state index < -0.39 is 0 Å². The summed E-state index contributed by atoms with van der Waals surface area (Å²) in [5.74, 6) is -0.256. The number of esters is 4. The standard InChI is InChI=1S/C50H64O8/c1-7-11-15-19-23-39(51)55-47-35-29-27-33(5)31-37(35)49(57-41(53)25-21-17-13-9-3)45-43(47)46-44(45)48(56-40(52)24-20-16-12-8-2)36-30-28-34(6)32-38(36)50(46)58-42(54)26-22-18-14-10-4/h27-32H,7-26H2,1-6H3. The summed E-state index contributed by atoms with van der Waals surface area (Å²) in [5.41, 5.74) is 3.85. The maximum absolute atomic E-state index is 13.7. The average Bonchev–Trinajstić information content (AvgIpc) is 3.19. The SMILES string of the molecule is CCCCCCC(=O)Oc1c2c(c(OC(=O)CCCCCC)c3cc(C)ccc13)-c1c-2c(OC(=O)CCCCCC)c2cc(C)ccc2c1OC(=O)CCCCCC. The zero-order chi connectivity index (χ0) is 41.6. The summed E-state index contributed by atoms with van der Waals surface area (Å²) in [6.07, 6.45) is 15.6. The van der Waals surface area contributed by atoms with Gasteiger partial charge in [0.25, 0.3) is 0 Å². The number of fused-ring (bicyclic) bond motifs is 6. The van der Waals surface area contributed by atoms with E-state index in [-0.39, 0.29) is 49.6 Å². The minimum absolute atomic E-state index is 0.237. The molecule has 5 rings (SSSR count). The third-order valence-electron chi connectivity index (χ3n) is 11.0. The number of ether oxygens (including phenoxy) is 4. The van der Waals surface area contributed by atoms with Gasteiger partial charge >= 0.3 is 23.9 Å². The van der Waals surface area contributed by atoms with E-state index in [1.54, 1.807) is 0 Å². The van der Waals surface area contributed by atoms with E-state index in [4.69, 9.17) is 18.9 Å². The Hall–Kier alpha value is -4.72. The van der Waals surface area contributed by atoms with E-state index >= 15 is 0 Å². The molecule has 1 aliphatic rings. The average molecular weight is 793 g/mol. The molecule has 0 saturated carbocycles. The summed E-state index contributed by atoms with van der Waals surface area (Å²) in [5, 5.41) is 2.41. The molecular weight excluding hydrogens is 729 g/mol. The molecule has 8 heteroatoms. The molecule has 0 unspecified atom stereocenters. The van der Waals surface area contributed by atoms with Crippen molar-refractivity contribution in [2.75, 3.05) is 0 Å². The molecular formula is C50H64O8. The third-order valence-corrected chi connectivity index (χ3v) is 11.0. The molecule has 0 radical (unpaired) electrons. The van der Waals surface area contributed by atoms with E-state index in [1.165, 1.54) is 0 Å². The van der Waals surface area contributed by atoms with Gasteiger partial charge in [0.1, 0.15) is 23.0 Å². The van der Waals surface area contributed by atoms with E-state index in [0.29, 0.717) is 92.5 Å². The molecule has 0 saturated heterocycles. The highest BCUT2D eigenvalue weighted by atomic mass is 16.6. The second kappa shape index (κ2) is 21.9. The minimum Gasteiger partial charge on any atom is -0.425 e. The Morgan fingerprint density at radius 1 is 0.362 bits per heavy atom. The summed E-state index contributed by atoms with van der Waals surface area (Å²) < 4.78 is 25.5. The van der Waals surface area contributed by atoms with Crippen molar-refractivity contribution in [2.45, 2.75) is 170 Å². The maximum Gasteiger partial charge on any atom is 0.311 e. The first-order valence-electron chi connectivity index (χ1n) is 22.2. The van der Waals surface area contributed by atoms with E-state index in [9.17, 15) is 19.2 Å². The van der Waals surface area contributed by atoms with Crippen LogP contribution in [0.5, 0.6) is 23.0 Å². The molecule has 0 fully saturated rings.